The predicted octanol–water partition coefficient (Wildman–Crippen LogP) is 1.52. The van der Waals surface area contributed by atoms with Crippen molar-refractivity contribution in [3.8, 4) is 0 Å². The minimum atomic E-state index is -0.0421. The fraction of sp³-hybridized carbons (Fsp3) is 0.700. The van der Waals surface area contributed by atoms with Crippen molar-refractivity contribution in [1.82, 2.24) is 0 Å². The fourth-order valence-corrected chi connectivity index (χ4v) is 3.93. The monoisotopic (exact) mass is 201 g/mol. The summed E-state index contributed by atoms with van der Waals surface area (Å²) in [5.41, 5.74) is 0. The predicted molar refractivity (Wildman–Crippen MR) is 57.0 cm³/mol. The molecule has 0 aromatic rings. The Balaban J connectivity index is 2.34. The Bertz CT molecular complexity index is 191. The van der Waals surface area contributed by atoms with Gasteiger partial charge < -0.3 is 4.74 Å². The van der Waals surface area contributed by atoms with Crippen LogP contribution in [0.5, 0.6) is 0 Å². The van der Waals surface area contributed by atoms with Gasteiger partial charge in [0.1, 0.15) is 11.0 Å². The molecule has 2 atom stereocenters. The van der Waals surface area contributed by atoms with E-state index in [4.69, 9.17) is 4.74 Å². The van der Waals surface area contributed by atoms with Crippen molar-refractivity contribution >= 4 is 16.9 Å². The lowest BCUT2D eigenvalue weighted by molar-refractivity contribution is -0.139. The van der Waals surface area contributed by atoms with Crippen LogP contribution in [0, 0.1) is 0 Å². The van der Waals surface area contributed by atoms with E-state index in [2.05, 4.69) is 6.58 Å². The lowest BCUT2D eigenvalue weighted by atomic mass is 10.2. The SMILES string of the molecule is C=CC1CCC[S+]1CC(=O)OCC. The standard InChI is InChI=1S/C10H17O2S/c1-3-9-6-5-7-13(9)8-10(11)12-4-2/h3,9H,1,4-8H2,2H3/q+1. The number of rotatable bonds is 4. The molecule has 0 aliphatic carbocycles. The number of esters is 1. The molecule has 0 radical (unpaired) electrons. The zero-order chi connectivity index (χ0) is 9.68. The van der Waals surface area contributed by atoms with Gasteiger partial charge in [-0.05, 0) is 19.4 Å². The van der Waals surface area contributed by atoms with Gasteiger partial charge in [-0.3, -0.25) is 0 Å². The van der Waals surface area contributed by atoms with Crippen LogP contribution in [0.2, 0.25) is 0 Å². The number of carbonyl (C=O) groups excluding carboxylic acids is 1. The smallest absolute Gasteiger partial charge is 0.356 e. The summed E-state index contributed by atoms with van der Waals surface area (Å²) >= 11 is 0. The molecule has 1 saturated heterocycles. The van der Waals surface area contributed by atoms with Gasteiger partial charge in [-0.25, -0.2) is 4.79 Å². The van der Waals surface area contributed by atoms with E-state index in [0.29, 0.717) is 17.6 Å². The molecule has 1 fully saturated rings. The van der Waals surface area contributed by atoms with Crippen LogP contribution in [-0.2, 0) is 20.4 Å². The first-order valence-corrected chi connectivity index (χ1v) is 6.35. The molecule has 1 heterocycles. The Morgan fingerprint density at radius 2 is 2.54 bits per heavy atom. The highest BCUT2D eigenvalue weighted by Crippen LogP contribution is 2.23. The average Bonchev–Trinajstić information content (AvgIpc) is 2.52. The summed E-state index contributed by atoms with van der Waals surface area (Å²) in [6.07, 6.45) is 4.43. The second kappa shape index (κ2) is 5.32. The van der Waals surface area contributed by atoms with E-state index in [1.54, 1.807) is 0 Å². The van der Waals surface area contributed by atoms with Gasteiger partial charge in [-0.15, -0.1) is 0 Å². The molecular weight excluding hydrogens is 184 g/mol. The van der Waals surface area contributed by atoms with E-state index >= 15 is 0 Å². The molecule has 0 saturated carbocycles. The van der Waals surface area contributed by atoms with Crippen LogP contribution in [0.1, 0.15) is 19.8 Å². The highest BCUT2D eigenvalue weighted by molar-refractivity contribution is 7.98. The average molecular weight is 201 g/mol. The van der Waals surface area contributed by atoms with Gasteiger partial charge in [-0.1, -0.05) is 6.58 Å². The van der Waals surface area contributed by atoms with Crippen LogP contribution in [0.25, 0.3) is 0 Å². The lowest BCUT2D eigenvalue weighted by Crippen LogP contribution is -2.25. The van der Waals surface area contributed by atoms with Crippen molar-refractivity contribution in [2.75, 3.05) is 18.1 Å². The summed E-state index contributed by atoms with van der Waals surface area (Å²) in [4.78, 5) is 11.2. The third-order valence-electron chi connectivity index (χ3n) is 2.19. The summed E-state index contributed by atoms with van der Waals surface area (Å²) in [6, 6.07) is 0. The zero-order valence-electron chi connectivity index (χ0n) is 8.12. The molecule has 0 N–H and O–H groups in total. The van der Waals surface area contributed by atoms with Gasteiger partial charge >= 0.3 is 5.97 Å². The fourth-order valence-electron chi connectivity index (χ4n) is 1.58. The Morgan fingerprint density at radius 1 is 1.77 bits per heavy atom. The highest BCUT2D eigenvalue weighted by atomic mass is 32.2. The molecule has 1 aliphatic heterocycles. The summed E-state index contributed by atoms with van der Waals surface area (Å²) < 4.78 is 4.93. The molecule has 0 spiro atoms. The Kier molecular flexibility index (Phi) is 4.36. The maximum absolute atomic E-state index is 11.2. The minimum Gasteiger partial charge on any atom is -0.463 e. The molecule has 1 aliphatic rings. The van der Waals surface area contributed by atoms with E-state index in [1.165, 1.54) is 18.6 Å². The summed E-state index contributed by atoms with van der Waals surface area (Å²) in [5, 5.41) is 0.560. The molecule has 3 heteroatoms. The third-order valence-corrected chi connectivity index (χ3v) is 4.90. The number of ether oxygens (including phenoxy) is 1. The molecule has 13 heavy (non-hydrogen) atoms. The first-order chi connectivity index (χ1) is 6.27. The zero-order valence-corrected chi connectivity index (χ0v) is 8.94. The van der Waals surface area contributed by atoms with E-state index in [9.17, 15) is 4.79 Å². The van der Waals surface area contributed by atoms with Gasteiger partial charge in [0.25, 0.3) is 0 Å². The largest absolute Gasteiger partial charge is 0.463 e. The number of carbonyl (C=O) groups is 1. The molecule has 2 nitrogen and oxygen atoms in total. The van der Waals surface area contributed by atoms with Crippen molar-refractivity contribution < 1.29 is 9.53 Å². The molecule has 0 bridgehead atoms. The van der Waals surface area contributed by atoms with Gasteiger partial charge in [0.05, 0.1) is 6.61 Å². The first kappa shape index (κ1) is 10.6. The molecule has 0 aromatic heterocycles. The van der Waals surface area contributed by atoms with Crippen LogP contribution in [0.4, 0.5) is 0 Å². The van der Waals surface area contributed by atoms with Gasteiger partial charge in [0, 0.05) is 17.3 Å². The maximum atomic E-state index is 11.2. The lowest BCUT2D eigenvalue weighted by Gasteiger charge is -2.06. The molecule has 2 unspecified atom stereocenters. The van der Waals surface area contributed by atoms with E-state index in [0.717, 1.165) is 0 Å². The van der Waals surface area contributed by atoms with Gasteiger partial charge in [-0.2, -0.15) is 0 Å². The van der Waals surface area contributed by atoms with Gasteiger partial charge in [0.15, 0.2) is 0 Å². The van der Waals surface area contributed by atoms with E-state index in [-0.39, 0.29) is 16.9 Å². The Hall–Kier alpha value is -0.440. The summed E-state index contributed by atoms with van der Waals surface area (Å²) in [7, 11) is 0.211. The number of hydrogen-bond donors (Lipinski definition) is 0. The van der Waals surface area contributed by atoms with Crippen LogP contribution in [-0.4, -0.2) is 29.3 Å². The third kappa shape index (κ3) is 3.07. The van der Waals surface area contributed by atoms with Gasteiger partial charge in [0.2, 0.25) is 5.75 Å². The van der Waals surface area contributed by atoms with Crippen LogP contribution < -0.4 is 0 Å². The quantitative estimate of drug-likeness (QED) is 0.391. The topological polar surface area (TPSA) is 26.3 Å². The molecule has 1 rings (SSSR count). The molecule has 0 aromatic carbocycles. The van der Waals surface area contributed by atoms with Crippen LogP contribution in [0.15, 0.2) is 12.7 Å². The van der Waals surface area contributed by atoms with Crippen LogP contribution in [0.3, 0.4) is 0 Å². The summed E-state index contributed by atoms with van der Waals surface area (Å²) in [6.45, 7) is 6.14. The highest BCUT2D eigenvalue weighted by Gasteiger charge is 2.36. The Labute approximate surface area is 82.7 Å². The minimum absolute atomic E-state index is 0.0421. The van der Waals surface area contributed by atoms with Crippen molar-refractivity contribution in [2.45, 2.75) is 25.0 Å². The summed E-state index contributed by atoms with van der Waals surface area (Å²) in [5.74, 6) is 1.74. The second-order valence-corrected chi connectivity index (χ2v) is 5.48. The van der Waals surface area contributed by atoms with Crippen molar-refractivity contribution in [2.24, 2.45) is 0 Å². The van der Waals surface area contributed by atoms with Crippen molar-refractivity contribution in [3.63, 3.8) is 0 Å². The van der Waals surface area contributed by atoms with Crippen molar-refractivity contribution in [1.29, 1.82) is 0 Å². The molecule has 74 valence electrons. The Morgan fingerprint density at radius 3 is 3.15 bits per heavy atom. The van der Waals surface area contributed by atoms with Crippen molar-refractivity contribution in [3.05, 3.63) is 12.7 Å². The number of hydrogen-bond acceptors (Lipinski definition) is 2. The van der Waals surface area contributed by atoms with Crippen LogP contribution >= 0.6 is 0 Å². The van der Waals surface area contributed by atoms with E-state index < -0.39 is 0 Å². The first-order valence-electron chi connectivity index (χ1n) is 4.72. The maximum Gasteiger partial charge on any atom is 0.356 e. The molecular formula is C10H17O2S+. The molecule has 0 amide bonds. The second-order valence-electron chi connectivity index (χ2n) is 3.11. The normalized spacial score (nSPS) is 27.2. The van der Waals surface area contributed by atoms with E-state index in [1.807, 2.05) is 13.0 Å².